The first kappa shape index (κ1) is 15.4. The number of benzene rings is 1. The minimum atomic E-state index is -4.45. The predicted octanol–water partition coefficient (Wildman–Crippen LogP) is 2.23. The summed E-state index contributed by atoms with van der Waals surface area (Å²) in [5.74, 6) is -0.0529. The molecule has 0 unspecified atom stereocenters. The van der Waals surface area contributed by atoms with Crippen molar-refractivity contribution < 1.29 is 27.8 Å². The zero-order chi connectivity index (χ0) is 15.5. The van der Waals surface area contributed by atoms with Gasteiger partial charge in [0.05, 0.1) is 11.8 Å². The number of nitrogens with zero attached hydrogens (tertiary/aromatic N) is 1. The Bertz CT molecular complexity index is 508. The standard InChI is InChI=1S/C13H15F3N2O3/c14-13(15,16)8-21-11-4-2-1-3-10(11)17-12(20)18-6-5-9(19)7-18/h1-4,9,19H,5-8H2,(H,17,20)/t9-/m0/s1. The van der Waals surface area contributed by atoms with Gasteiger partial charge in [-0.3, -0.25) is 0 Å². The lowest BCUT2D eigenvalue weighted by molar-refractivity contribution is -0.153. The van der Waals surface area contributed by atoms with Gasteiger partial charge in [0.1, 0.15) is 5.75 Å². The lowest BCUT2D eigenvalue weighted by atomic mass is 10.3. The first-order valence-electron chi connectivity index (χ1n) is 6.38. The van der Waals surface area contributed by atoms with Crippen molar-refractivity contribution in [2.75, 3.05) is 25.0 Å². The molecule has 5 nitrogen and oxygen atoms in total. The Kier molecular flexibility index (Phi) is 4.56. The fourth-order valence-corrected chi connectivity index (χ4v) is 1.98. The van der Waals surface area contributed by atoms with Crippen LogP contribution in [0.25, 0.3) is 0 Å². The third-order valence-electron chi connectivity index (χ3n) is 2.97. The Balaban J connectivity index is 2.01. The predicted molar refractivity (Wildman–Crippen MR) is 69.2 cm³/mol. The maximum absolute atomic E-state index is 12.2. The molecule has 0 saturated carbocycles. The maximum Gasteiger partial charge on any atom is 0.422 e. The smallest absolute Gasteiger partial charge is 0.422 e. The van der Waals surface area contributed by atoms with Gasteiger partial charge in [-0.15, -0.1) is 0 Å². The molecule has 8 heteroatoms. The van der Waals surface area contributed by atoms with Crippen molar-refractivity contribution in [1.82, 2.24) is 4.90 Å². The van der Waals surface area contributed by atoms with E-state index < -0.39 is 24.9 Å². The highest BCUT2D eigenvalue weighted by Crippen LogP contribution is 2.26. The number of alkyl halides is 3. The minimum Gasteiger partial charge on any atom is -0.482 e. The van der Waals surface area contributed by atoms with Gasteiger partial charge in [0.2, 0.25) is 0 Å². The third kappa shape index (κ3) is 4.52. The van der Waals surface area contributed by atoms with Crippen molar-refractivity contribution in [1.29, 1.82) is 0 Å². The van der Waals surface area contributed by atoms with E-state index in [4.69, 9.17) is 0 Å². The second kappa shape index (κ2) is 6.21. The number of urea groups is 1. The number of aliphatic hydroxyl groups is 1. The number of β-amino-alcohol motifs (C(OH)–C–C–N with tert-alkyl or cyclic N) is 1. The molecule has 0 radical (unpaired) electrons. The first-order chi connectivity index (χ1) is 9.85. The number of hydrogen-bond donors (Lipinski definition) is 2. The van der Waals surface area contributed by atoms with Gasteiger partial charge in [0, 0.05) is 13.1 Å². The number of carbonyl (C=O) groups excluding carboxylic acids is 1. The molecular weight excluding hydrogens is 289 g/mol. The summed E-state index contributed by atoms with van der Waals surface area (Å²) >= 11 is 0. The number of anilines is 1. The molecule has 116 valence electrons. The van der Waals surface area contributed by atoms with Crippen LogP contribution in [-0.2, 0) is 0 Å². The number of carbonyl (C=O) groups is 1. The molecule has 1 aliphatic rings. The van der Waals surface area contributed by atoms with Crippen molar-refractivity contribution in [3.63, 3.8) is 0 Å². The number of para-hydroxylation sites is 2. The second-order valence-electron chi connectivity index (χ2n) is 4.72. The van der Waals surface area contributed by atoms with Crippen molar-refractivity contribution >= 4 is 11.7 Å². The molecule has 2 N–H and O–H groups in total. The fourth-order valence-electron chi connectivity index (χ4n) is 1.98. The van der Waals surface area contributed by atoms with Gasteiger partial charge in [-0.25, -0.2) is 4.79 Å². The highest BCUT2D eigenvalue weighted by Gasteiger charge is 2.29. The molecule has 1 aromatic rings. The molecule has 1 fully saturated rings. The Morgan fingerprint density at radius 2 is 2.14 bits per heavy atom. The van der Waals surface area contributed by atoms with Crippen LogP contribution in [0.1, 0.15) is 6.42 Å². The summed E-state index contributed by atoms with van der Waals surface area (Å²) in [6, 6.07) is 5.42. The molecule has 0 spiro atoms. The largest absolute Gasteiger partial charge is 0.482 e. The van der Waals surface area contributed by atoms with E-state index in [-0.39, 0.29) is 18.0 Å². The van der Waals surface area contributed by atoms with E-state index in [2.05, 4.69) is 10.1 Å². The van der Waals surface area contributed by atoms with E-state index in [1.54, 1.807) is 6.07 Å². The van der Waals surface area contributed by atoms with Crippen LogP contribution in [0.15, 0.2) is 24.3 Å². The van der Waals surface area contributed by atoms with Gasteiger partial charge in [-0.1, -0.05) is 12.1 Å². The second-order valence-corrected chi connectivity index (χ2v) is 4.72. The van der Waals surface area contributed by atoms with Crippen LogP contribution in [-0.4, -0.2) is 48.0 Å². The van der Waals surface area contributed by atoms with E-state index in [9.17, 15) is 23.1 Å². The van der Waals surface area contributed by atoms with Crippen LogP contribution in [0.3, 0.4) is 0 Å². The van der Waals surface area contributed by atoms with Crippen molar-refractivity contribution in [2.45, 2.75) is 18.7 Å². The minimum absolute atomic E-state index is 0.0529. The molecule has 0 aromatic heterocycles. The number of rotatable bonds is 3. The van der Waals surface area contributed by atoms with Crippen LogP contribution >= 0.6 is 0 Å². The van der Waals surface area contributed by atoms with Crippen LogP contribution in [0, 0.1) is 0 Å². The maximum atomic E-state index is 12.2. The lowest BCUT2D eigenvalue weighted by Crippen LogP contribution is -2.33. The number of amides is 2. The lowest BCUT2D eigenvalue weighted by Gasteiger charge is -2.18. The quantitative estimate of drug-likeness (QED) is 0.900. The van der Waals surface area contributed by atoms with Gasteiger partial charge in [0.25, 0.3) is 0 Å². The van der Waals surface area contributed by atoms with Gasteiger partial charge in [0.15, 0.2) is 6.61 Å². The SMILES string of the molecule is O=C(Nc1ccccc1OCC(F)(F)F)N1CC[C@H](O)C1. The Labute approximate surface area is 119 Å². The Hall–Kier alpha value is -1.96. The fraction of sp³-hybridized carbons (Fsp3) is 0.462. The molecule has 2 rings (SSSR count). The number of halogens is 3. The Morgan fingerprint density at radius 3 is 2.76 bits per heavy atom. The van der Waals surface area contributed by atoms with E-state index in [1.165, 1.54) is 23.1 Å². The first-order valence-corrected chi connectivity index (χ1v) is 6.38. The van der Waals surface area contributed by atoms with Gasteiger partial charge in [-0.2, -0.15) is 13.2 Å². The zero-order valence-corrected chi connectivity index (χ0v) is 11.1. The molecule has 0 aliphatic carbocycles. The number of nitrogens with one attached hydrogen (secondary N) is 1. The highest BCUT2D eigenvalue weighted by molar-refractivity contribution is 5.91. The van der Waals surface area contributed by atoms with Crippen LogP contribution in [0.4, 0.5) is 23.7 Å². The van der Waals surface area contributed by atoms with Crippen molar-refractivity contribution in [2.24, 2.45) is 0 Å². The van der Waals surface area contributed by atoms with E-state index in [0.717, 1.165) is 0 Å². The average molecular weight is 304 g/mol. The average Bonchev–Trinajstić information content (AvgIpc) is 2.83. The number of aliphatic hydroxyl groups excluding tert-OH is 1. The summed E-state index contributed by atoms with van der Waals surface area (Å²) in [6.07, 6.45) is -4.53. The number of ether oxygens (including phenoxy) is 1. The molecule has 2 amide bonds. The summed E-state index contributed by atoms with van der Waals surface area (Å²) in [7, 11) is 0. The molecular formula is C13H15F3N2O3. The zero-order valence-electron chi connectivity index (χ0n) is 11.1. The molecule has 0 bridgehead atoms. The number of likely N-dealkylation sites (tertiary alicyclic amines) is 1. The highest BCUT2D eigenvalue weighted by atomic mass is 19.4. The van der Waals surface area contributed by atoms with Crippen molar-refractivity contribution in [3.8, 4) is 5.75 Å². The van der Waals surface area contributed by atoms with Gasteiger partial charge in [-0.05, 0) is 18.6 Å². The molecule has 1 aliphatic heterocycles. The van der Waals surface area contributed by atoms with E-state index in [1.807, 2.05) is 0 Å². The normalized spacial score (nSPS) is 18.7. The van der Waals surface area contributed by atoms with Crippen LogP contribution in [0.2, 0.25) is 0 Å². The van der Waals surface area contributed by atoms with Gasteiger partial charge < -0.3 is 20.1 Å². The Morgan fingerprint density at radius 1 is 1.43 bits per heavy atom. The third-order valence-corrected chi connectivity index (χ3v) is 2.97. The van der Waals surface area contributed by atoms with Gasteiger partial charge >= 0.3 is 12.2 Å². The molecule has 1 saturated heterocycles. The summed E-state index contributed by atoms with van der Waals surface area (Å²) < 4.78 is 41.2. The topological polar surface area (TPSA) is 61.8 Å². The van der Waals surface area contributed by atoms with E-state index >= 15 is 0 Å². The summed E-state index contributed by atoms with van der Waals surface area (Å²) in [4.78, 5) is 13.3. The summed E-state index contributed by atoms with van der Waals surface area (Å²) in [5.41, 5.74) is 0.160. The molecule has 21 heavy (non-hydrogen) atoms. The van der Waals surface area contributed by atoms with E-state index in [0.29, 0.717) is 13.0 Å². The molecule has 1 aromatic carbocycles. The molecule has 1 heterocycles. The number of hydrogen-bond acceptors (Lipinski definition) is 3. The van der Waals surface area contributed by atoms with Crippen LogP contribution < -0.4 is 10.1 Å². The molecule has 1 atom stereocenters. The van der Waals surface area contributed by atoms with Crippen molar-refractivity contribution in [3.05, 3.63) is 24.3 Å². The summed E-state index contributed by atoms with van der Waals surface area (Å²) in [5, 5.41) is 11.9. The monoisotopic (exact) mass is 304 g/mol. The van der Waals surface area contributed by atoms with Crippen LogP contribution in [0.5, 0.6) is 5.75 Å². The summed E-state index contributed by atoms with van der Waals surface area (Å²) in [6.45, 7) is -0.821.